The molecule has 3 nitrogen and oxygen atoms in total. The third kappa shape index (κ3) is 2.41. The third-order valence-electron chi connectivity index (χ3n) is 5.01. The van der Waals surface area contributed by atoms with Crippen LogP contribution in [0.3, 0.4) is 0 Å². The molecule has 0 atom stereocenters. The molecule has 4 heteroatoms. The smallest absolute Gasteiger partial charge is 0.335 e. The number of rotatable bonds is 2. The van der Waals surface area contributed by atoms with Crippen LogP contribution in [0.25, 0.3) is 0 Å². The first-order valence-corrected chi connectivity index (χ1v) is 8.04. The molecule has 0 radical (unpaired) electrons. The molecule has 2 fully saturated rings. The van der Waals surface area contributed by atoms with Crippen molar-refractivity contribution < 1.29 is 9.63 Å². The lowest BCUT2D eigenvalue weighted by atomic mass is 9.59. The zero-order valence-corrected chi connectivity index (χ0v) is 12.5. The van der Waals surface area contributed by atoms with Crippen LogP contribution in [0.15, 0.2) is 24.4 Å². The standard InChI is InChI=1S/C16H21NO2S/c18-15(19-17-12-6-3-9-14(17)20)16-10-4-1-7-13(16)8-2-5-11-16/h3,6,9,12-13H,1-2,4-5,7-8,10-11H2. The van der Waals surface area contributed by atoms with Crippen molar-refractivity contribution in [2.75, 3.05) is 0 Å². The fourth-order valence-electron chi connectivity index (χ4n) is 3.93. The zero-order valence-electron chi connectivity index (χ0n) is 11.7. The van der Waals surface area contributed by atoms with E-state index in [0.29, 0.717) is 10.6 Å². The number of nitrogens with zero attached hydrogens (tertiary/aromatic N) is 1. The van der Waals surface area contributed by atoms with Crippen molar-refractivity contribution in [3.8, 4) is 0 Å². The first-order valence-electron chi connectivity index (χ1n) is 7.63. The molecule has 0 saturated heterocycles. The molecule has 2 aliphatic rings. The van der Waals surface area contributed by atoms with Crippen LogP contribution in [0.2, 0.25) is 0 Å². The second-order valence-electron chi connectivity index (χ2n) is 6.09. The van der Waals surface area contributed by atoms with Crippen LogP contribution in [-0.4, -0.2) is 10.7 Å². The van der Waals surface area contributed by atoms with Crippen molar-refractivity contribution >= 4 is 18.2 Å². The van der Waals surface area contributed by atoms with Gasteiger partial charge in [-0.05, 0) is 43.7 Å². The van der Waals surface area contributed by atoms with Gasteiger partial charge in [-0.3, -0.25) is 0 Å². The lowest BCUT2D eigenvalue weighted by Gasteiger charge is -2.44. The average molecular weight is 291 g/mol. The highest BCUT2D eigenvalue weighted by molar-refractivity contribution is 7.71. The number of hydrogen-bond donors (Lipinski definition) is 0. The van der Waals surface area contributed by atoms with Gasteiger partial charge in [-0.25, -0.2) is 4.79 Å². The normalized spacial score (nSPS) is 29.5. The summed E-state index contributed by atoms with van der Waals surface area (Å²) in [6.45, 7) is 0. The highest BCUT2D eigenvalue weighted by atomic mass is 32.1. The SMILES string of the molecule is O=C(On1ccccc1=S)C12CCCCC1CCCC2. The number of carbonyl (C=O) groups excluding carboxylic acids is 1. The van der Waals surface area contributed by atoms with Crippen LogP contribution in [-0.2, 0) is 4.79 Å². The van der Waals surface area contributed by atoms with Gasteiger partial charge in [0.05, 0.1) is 5.41 Å². The van der Waals surface area contributed by atoms with Gasteiger partial charge in [-0.1, -0.05) is 44.0 Å². The van der Waals surface area contributed by atoms with Gasteiger partial charge in [0, 0.05) is 6.20 Å². The van der Waals surface area contributed by atoms with E-state index in [1.54, 1.807) is 12.3 Å². The van der Waals surface area contributed by atoms with Crippen molar-refractivity contribution in [3.63, 3.8) is 0 Å². The first-order chi connectivity index (χ1) is 9.72. The molecule has 0 unspecified atom stereocenters. The molecule has 20 heavy (non-hydrogen) atoms. The summed E-state index contributed by atoms with van der Waals surface area (Å²) >= 11 is 5.20. The molecule has 0 N–H and O–H groups in total. The Morgan fingerprint density at radius 1 is 1.20 bits per heavy atom. The first kappa shape index (κ1) is 13.8. The number of carbonyl (C=O) groups is 1. The summed E-state index contributed by atoms with van der Waals surface area (Å²) in [5.41, 5.74) is -0.249. The van der Waals surface area contributed by atoms with Gasteiger partial charge >= 0.3 is 5.97 Å². The second kappa shape index (κ2) is 5.68. The molecular weight excluding hydrogens is 270 g/mol. The van der Waals surface area contributed by atoms with Crippen molar-refractivity contribution in [2.24, 2.45) is 11.3 Å². The van der Waals surface area contributed by atoms with E-state index in [4.69, 9.17) is 17.1 Å². The van der Waals surface area contributed by atoms with Gasteiger partial charge in [0.25, 0.3) is 0 Å². The van der Waals surface area contributed by atoms with E-state index >= 15 is 0 Å². The molecule has 0 aromatic carbocycles. The van der Waals surface area contributed by atoms with E-state index in [-0.39, 0.29) is 11.4 Å². The van der Waals surface area contributed by atoms with E-state index < -0.39 is 0 Å². The van der Waals surface area contributed by atoms with Crippen molar-refractivity contribution in [1.29, 1.82) is 0 Å². The second-order valence-corrected chi connectivity index (χ2v) is 6.51. The molecule has 0 aliphatic heterocycles. The molecule has 1 aromatic rings. The van der Waals surface area contributed by atoms with Gasteiger partial charge in [0.2, 0.25) is 0 Å². The average Bonchev–Trinajstić information content (AvgIpc) is 2.49. The molecule has 2 saturated carbocycles. The van der Waals surface area contributed by atoms with Gasteiger partial charge in [-0.15, -0.1) is 0 Å². The van der Waals surface area contributed by atoms with Gasteiger partial charge in [0.1, 0.15) is 4.64 Å². The monoisotopic (exact) mass is 291 g/mol. The summed E-state index contributed by atoms with van der Waals surface area (Å²) in [5, 5.41) is 0. The maximum atomic E-state index is 12.8. The van der Waals surface area contributed by atoms with E-state index in [0.717, 1.165) is 25.7 Å². The van der Waals surface area contributed by atoms with Crippen LogP contribution >= 0.6 is 12.2 Å². The fraction of sp³-hybridized carbons (Fsp3) is 0.625. The Morgan fingerprint density at radius 3 is 2.55 bits per heavy atom. The largest absolute Gasteiger partial charge is 0.339 e. The number of hydrogen-bond acceptors (Lipinski definition) is 3. The maximum Gasteiger partial charge on any atom is 0.339 e. The van der Waals surface area contributed by atoms with Crippen LogP contribution < -0.4 is 4.84 Å². The Morgan fingerprint density at radius 2 is 1.90 bits per heavy atom. The van der Waals surface area contributed by atoms with Crippen LogP contribution in [0.4, 0.5) is 0 Å². The molecule has 108 valence electrons. The summed E-state index contributed by atoms with van der Waals surface area (Å²) in [6, 6.07) is 5.47. The summed E-state index contributed by atoms with van der Waals surface area (Å²) in [7, 11) is 0. The van der Waals surface area contributed by atoms with E-state index in [1.807, 2.05) is 12.1 Å². The molecule has 0 amide bonds. The number of pyridine rings is 1. The summed E-state index contributed by atoms with van der Waals surface area (Å²) < 4.78 is 1.98. The minimum atomic E-state index is -0.249. The minimum Gasteiger partial charge on any atom is -0.335 e. The Kier molecular flexibility index (Phi) is 3.92. The Labute approximate surface area is 124 Å². The predicted molar refractivity (Wildman–Crippen MR) is 79.7 cm³/mol. The molecule has 0 bridgehead atoms. The Balaban J connectivity index is 1.84. The lowest BCUT2D eigenvalue weighted by molar-refractivity contribution is -0.166. The topological polar surface area (TPSA) is 31.2 Å². The predicted octanol–water partition coefficient (Wildman–Crippen LogP) is 3.92. The van der Waals surface area contributed by atoms with Crippen molar-refractivity contribution in [1.82, 2.24) is 4.73 Å². The third-order valence-corrected chi connectivity index (χ3v) is 5.32. The van der Waals surface area contributed by atoms with Crippen LogP contribution in [0.5, 0.6) is 0 Å². The Bertz CT molecular complexity index is 539. The molecule has 2 aliphatic carbocycles. The van der Waals surface area contributed by atoms with Crippen LogP contribution in [0, 0.1) is 16.0 Å². The summed E-state index contributed by atoms with van der Waals surface area (Å²) in [5.74, 6) is 0.444. The van der Waals surface area contributed by atoms with E-state index in [2.05, 4.69) is 0 Å². The van der Waals surface area contributed by atoms with E-state index in [1.165, 1.54) is 30.4 Å². The quantitative estimate of drug-likeness (QED) is 0.774. The molecular formula is C16H21NO2S. The molecule has 1 aromatic heterocycles. The van der Waals surface area contributed by atoms with Crippen molar-refractivity contribution in [3.05, 3.63) is 29.0 Å². The number of fused-ring (bicyclic) bond motifs is 1. The molecule has 3 rings (SSSR count). The highest BCUT2D eigenvalue weighted by Crippen LogP contribution is 2.50. The van der Waals surface area contributed by atoms with Gasteiger partial charge in [0.15, 0.2) is 0 Å². The maximum absolute atomic E-state index is 12.8. The molecule has 0 spiro atoms. The lowest BCUT2D eigenvalue weighted by Crippen LogP contribution is -2.47. The zero-order chi connectivity index (χ0) is 14.0. The minimum absolute atomic E-state index is 0.0656. The van der Waals surface area contributed by atoms with Crippen molar-refractivity contribution in [2.45, 2.75) is 51.4 Å². The van der Waals surface area contributed by atoms with Gasteiger partial charge < -0.3 is 4.84 Å². The fourth-order valence-corrected chi connectivity index (χ4v) is 4.11. The summed E-state index contributed by atoms with van der Waals surface area (Å²) in [6.07, 6.45) is 10.8. The molecule has 1 heterocycles. The number of aromatic nitrogens is 1. The highest BCUT2D eigenvalue weighted by Gasteiger charge is 2.49. The van der Waals surface area contributed by atoms with Crippen LogP contribution in [0.1, 0.15) is 51.4 Å². The summed E-state index contributed by atoms with van der Waals surface area (Å²) in [4.78, 5) is 18.4. The van der Waals surface area contributed by atoms with E-state index in [9.17, 15) is 4.79 Å². The Hall–Kier alpha value is -1.16. The van der Waals surface area contributed by atoms with Gasteiger partial charge in [-0.2, -0.15) is 4.73 Å².